The van der Waals surface area contributed by atoms with E-state index in [1.54, 1.807) is 0 Å². The van der Waals surface area contributed by atoms with Gasteiger partial charge in [0.2, 0.25) is 0 Å². The van der Waals surface area contributed by atoms with Crippen molar-refractivity contribution in [3.63, 3.8) is 0 Å². The summed E-state index contributed by atoms with van der Waals surface area (Å²) in [5.41, 5.74) is 4.80. The number of fused-ring (bicyclic) bond motifs is 1. The van der Waals surface area contributed by atoms with Gasteiger partial charge in [0.25, 0.3) is 0 Å². The predicted molar refractivity (Wildman–Crippen MR) is 102 cm³/mol. The number of rotatable bonds is 3. The lowest BCUT2D eigenvalue weighted by molar-refractivity contribution is 0.221. The van der Waals surface area contributed by atoms with E-state index in [-0.39, 0.29) is 0 Å². The second-order valence-corrected chi connectivity index (χ2v) is 8.51. The number of aliphatic imine (C=N–C) groups is 2. The quantitative estimate of drug-likeness (QED) is 0.832. The van der Waals surface area contributed by atoms with Crippen LogP contribution in [0.3, 0.4) is 0 Å². The van der Waals surface area contributed by atoms with E-state index in [4.69, 9.17) is 9.98 Å². The topological polar surface area (TPSA) is 55.4 Å². The maximum atomic E-state index is 4.89. The normalized spacial score (nSPS) is 21.0. The van der Waals surface area contributed by atoms with Crippen molar-refractivity contribution in [3.05, 3.63) is 23.8 Å². The molecular formula is C20H27N5. The van der Waals surface area contributed by atoms with Crippen LogP contribution in [0.1, 0.15) is 65.0 Å². The minimum Gasteiger partial charge on any atom is -0.260 e. The second-order valence-electron chi connectivity index (χ2n) is 8.51. The first-order valence-corrected chi connectivity index (χ1v) is 9.40. The summed E-state index contributed by atoms with van der Waals surface area (Å²) in [5, 5.41) is 8.56. The molecule has 0 atom stereocenters. The van der Waals surface area contributed by atoms with Crippen LogP contribution in [0.25, 0.3) is 11.0 Å². The molecule has 0 amide bonds. The molecule has 0 saturated heterocycles. The Morgan fingerprint density at radius 3 is 2.64 bits per heavy atom. The Bertz CT molecular complexity index is 846. The molecule has 0 unspecified atom stereocenters. The summed E-state index contributed by atoms with van der Waals surface area (Å²) in [5.74, 6) is 1.47. The van der Waals surface area contributed by atoms with Crippen LogP contribution in [-0.4, -0.2) is 33.1 Å². The molecule has 2 aliphatic rings. The third-order valence-electron chi connectivity index (χ3n) is 5.67. The summed E-state index contributed by atoms with van der Waals surface area (Å²) in [7, 11) is 0. The summed E-state index contributed by atoms with van der Waals surface area (Å²) in [6.45, 7) is 9.75. The van der Waals surface area contributed by atoms with Gasteiger partial charge in [-0.1, -0.05) is 19.1 Å². The third-order valence-corrected chi connectivity index (χ3v) is 5.67. The molecule has 0 radical (unpaired) electrons. The van der Waals surface area contributed by atoms with Gasteiger partial charge >= 0.3 is 0 Å². The Labute approximate surface area is 149 Å². The minimum atomic E-state index is 0.305. The van der Waals surface area contributed by atoms with Gasteiger partial charge in [-0.05, 0) is 69.1 Å². The van der Waals surface area contributed by atoms with Gasteiger partial charge in [0.05, 0.1) is 12.1 Å². The van der Waals surface area contributed by atoms with E-state index < -0.39 is 0 Å². The summed E-state index contributed by atoms with van der Waals surface area (Å²) < 4.78 is 1.95. The first-order chi connectivity index (χ1) is 11.9. The average Bonchev–Trinajstić information content (AvgIpc) is 3.21. The molecule has 0 bridgehead atoms. The van der Waals surface area contributed by atoms with Gasteiger partial charge in [0, 0.05) is 17.3 Å². The van der Waals surface area contributed by atoms with E-state index in [1.807, 2.05) is 4.68 Å². The third kappa shape index (κ3) is 3.12. The lowest BCUT2D eigenvalue weighted by atomic mass is 9.72. The van der Waals surface area contributed by atoms with Crippen LogP contribution in [0.5, 0.6) is 0 Å². The molecule has 1 aromatic heterocycles. The standard InChI is InChI=1S/C20H27N5/c1-13(2)25-18-6-5-15(11-16(18)23-24-25)19-21-12-17(22-19)14-7-9-20(3,4)10-8-14/h5-6,11,13-14H,7-10,12H2,1-4H3. The van der Waals surface area contributed by atoms with Gasteiger partial charge in [-0.3, -0.25) is 4.99 Å². The minimum absolute atomic E-state index is 0.305. The van der Waals surface area contributed by atoms with Gasteiger partial charge in [-0.25, -0.2) is 9.67 Å². The molecule has 5 nitrogen and oxygen atoms in total. The number of nitrogens with zero attached hydrogens (tertiary/aromatic N) is 5. The molecule has 0 spiro atoms. The van der Waals surface area contributed by atoms with Crippen LogP contribution < -0.4 is 0 Å². The van der Waals surface area contributed by atoms with Crippen molar-refractivity contribution in [2.45, 2.75) is 59.4 Å². The smallest absolute Gasteiger partial charge is 0.155 e. The number of hydrogen-bond donors (Lipinski definition) is 0. The fraction of sp³-hybridized carbons (Fsp3) is 0.600. The Balaban J connectivity index is 1.55. The van der Waals surface area contributed by atoms with Crippen LogP contribution in [0.2, 0.25) is 0 Å². The molecule has 0 N–H and O–H groups in total. The molecule has 4 rings (SSSR count). The molecule has 2 heterocycles. The largest absolute Gasteiger partial charge is 0.260 e. The molecule has 25 heavy (non-hydrogen) atoms. The van der Waals surface area contributed by atoms with E-state index in [1.165, 1.54) is 31.4 Å². The summed E-state index contributed by atoms with van der Waals surface area (Å²) in [4.78, 5) is 9.60. The zero-order valence-electron chi connectivity index (χ0n) is 15.7. The highest BCUT2D eigenvalue weighted by molar-refractivity contribution is 6.13. The second kappa shape index (κ2) is 6.04. The summed E-state index contributed by atoms with van der Waals surface area (Å²) >= 11 is 0. The average molecular weight is 337 g/mol. The highest BCUT2D eigenvalue weighted by Crippen LogP contribution is 2.39. The fourth-order valence-electron chi connectivity index (χ4n) is 3.93. The zero-order valence-corrected chi connectivity index (χ0v) is 15.7. The maximum Gasteiger partial charge on any atom is 0.155 e. The zero-order chi connectivity index (χ0) is 17.6. The maximum absolute atomic E-state index is 4.89. The predicted octanol–water partition coefficient (Wildman–Crippen LogP) is 4.43. The molecule has 1 aromatic carbocycles. The lowest BCUT2D eigenvalue weighted by Gasteiger charge is -2.34. The van der Waals surface area contributed by atoms with Gasteiger partial charge in [-0.15, -0.1) is 5.10 Å². The number of benzene rings is 1. The van der Waals surface area contributed by atoms with E-state index >= 15 is 0 Å². The lowest BCUT2D eigenvalue weighted by Crippen LogP contribution is -2.26. The van der Waals surface area contributed by atoms with Crippen molar-refractivity contribution in [2.24, 2.45) is 21.3 Å². The van der Waals surface area contributed by atoms with Crippen LogP contribution in [0.4, 0.5) is 0 Å². The summed E-state index contributed by atoms with van der Waals surface area (Å²) in [6, 6.07) is 6.56. The van der Waals surface area contributed by atoms with E-state index in [2.05, 4.69) is 56.2 Å². The SMILES string of the molecule is CC(C)n1nnc2cc(C3=NCC(C4CCC(C)(C)CC4)=N3)ccc21. The van der Waals surface area contributed by atoms with Crippen LogP contribution in [0, 0.1) is 11.3 Å². The molecule has 1 aliphatic carbocycles. The van der Waals surface area contributed by atoms with Crippen molar-refractivity contribution in [1.82, 2.24) is 15.0 Å². The Morgan fingerprint density at radius 1 is 1.16 bits per heavy atom. The van der Waals surface area contributed by atoms with Crippen LogP contribution in [-0.2, 0) is 0 Å². The monoisotopic (exact) mass is 337 g/mol. The van der Waals surface area contributed by atoms with Gasteiger partial charge < -0.3 is 0 Å². The van der Waals surface area contributed by atoms with Crippen molar-refractivity contribution in [1.29, 1.82) is 0 Å². The molecule has 1 saturated carbocycles. The Kier molecular flexibility index (Phi) is 3.97. The Hall–Kier alpha value is -2.04. The number of amidine groups is 1. The van der Waals surface area contributed by atoms with Crippen molar-refractivity contribution in [3.8, 4) is 0 Å². The summed E-state index contributed by atoms with van der Waals surface area (Å²) in [6.07, 6.45) is 5.07. The molecule has 2 aromatic rings. The number of aromatic nitrogens is 3. The fourth-order valence-corrected chi connectivity index (χ4v) is 3.93. The highest BCUT2D eigenvalue weighted by atomic mass is 15.4. The molecule has 1 aliphatic heterocycles. The Morgan fingerprint density at radius 2 is 1.92 bits per heavy atom. The number of hydrogen-bond acceptors (Lipinski definition) is 4. The van der Waals surface area contributed by atoms with Crippen molar-refractivity contribution in [2.75, 3.05) is 6.54 Å². The highest BCUT2D eigenvalue weighted by Gasteiger charge is 2.30. The first-order valence-electron chi connectivity index (χ1n) is 9.40. The van der Waals surface area contributed by atoms with Crippen LogP contribution >= 0.6 is 0 Å². The first kappa shape index (κ1) is 16.4. The van der Waals surface area contributed by atoms with Crippen LogP contribution in [0.15, 0.2) is 28.2 Å². The van der Waals surface area contributed by atoms with Gasteiger partial charge in [0.15, 0.2) is 5.84 Å². The molecule has 1 fully saturated rings. The van der Waals surface area contributed by atoms with Gasteiger partial charge in [0.1, 0.15) is 5.52 Å². The van der Waals surface area contributed by atoms with Gasteiger partial charge in [-0.2, -0.15) is 0 Å². The molecular weight excluding hydrogens is 310 g/mol. The molecule has 132 valence electrons. The van der Waals surface area contributed by atoms with Crippen molar-refractivity contribution < 1.29 is 0 Å². The van der Waals surface area contributed by atoms with E-state index in [9.17, 15) is 0 Å². The van der Waals surface area contributed by atoms with Crippen molar-refractivity contribution >= 4 is 22.6 Å². The molecule has 5 heteroatoms. The van der Waals surface area contributed by atoms with E-state index in [0.29, 0.717) is 17.4 Å². The van der Waals surface area contributed by atoms with E-state index in [0.717, 1.165) is 29.0 Å².